The minimum absolute atomic E-state index is 0.130. The number of anilines is 1. The SMILES string of the molecule is Cc1ccccc1Oc1ccc(N2C(=S)N[C@H](c3ccccn3)[C@H]2c2cccn2-c2cccc(Br)c2)cc1. The zero-order valence-corrected chi connectivity index (χ0v) is 23.1. The first-order valence-corrected chi connectivity index (χ1v) is 13.6. The summed E-state index contributed by atoms with van der Waals surface area (Å²) in [6, 6.07) is 34.3. The van der Waals surface area contributed by atoms with Gasteiger partial charge in [0.05, 0.1) is 11.7 Å². The Morgan fingerprint density at radius 2 is 1.68 bits per heavy atom. The summed E-state index contributed by atoms with van der Waals surface area (Å²) in [5.74, 6) is 1.62. The summed E-state index contributed by atoms with van der Waals surface area (Å²) in [5.41, 5.74) is 5.17. The molecule has 0 saturated carbocycles. The van der Waals surface area contributed by atoms with E-state index >= 15 is 0 Å². The van der Waals surface area contributed by atoms with Gasteiger partial charge in [0.15, 0.2) is 5.11 Å². The lowest BCUT2D eigenvalue weighted by Gasteiger charge is -2.29. The topological polar surface area (TPSA) is 42.3 Å². The largest absolute Gasteiger partial charge is 0.457 e. The molecule has 3 aromatic carbocycles. The normalized spacial score (nSPS) is 16.9. The van der Waals surface area contributed by atoms with Crippen molar-refractivity contribution in [3.05, 3.63) is 137 Å². The molecule has 0 radical (unpaired) electrons. The van der Waals surface area contributed by atoms with E-state index in [1.165, 1.54) is 0 Å². The predicted molar refractivity (Wildman–Crippen MR) is 159 cm³/mol. The molecule has 2 atom stereocenters. The Kier molecular flexibility index (Phi) is 6.70. The molecular formula is C31H25BrN4OS. The monoisotopic (exact) mass is 580 g/mol. The second kappa shape index (κ2) is 10.4. The summed E-state index contributed by atoms with van der Waals surface area (Å²) >= 11 is 9.54. The van der Waals surface area contributed by atoms with Gasteiger partial charge < -0.3 is 19.5 Å². The number of nitrogens with zero attached hydrogens (tertiary/aromatic N) is 3. The van der Waals surface area contributed by atoms with E-state index in [0.717, 1.165) is 44.3 Å². The maximum Gasteiger partial charge on any atom is 0.174 e. The van der Waals surface area contributed by atoms with Crippen LogP contribution in [0.4, 0.5) is 5.69 Å². The average molecular weight is 582 g/mol. The molecule has 0 unspecified atom stereocenters. The van der Waals surface area contributed by atoms with E-state index in [1.807, 2.05) is 79.9 Å². The van der Waals surface area contributed by atoms with Gasteiger partial charge in [-0.2, -0.15) is 0 Å². The highest BCUT2D eigenvalue weighted by atomic mass is 79.9. The van der Waals surface area contributed by atoms with Crippen molar-refractivity contribution in [2.45, 2.75) is 19.0 Å². The molecule has 1 saturated heterocycles. The van der Waals surface area contributed by atoms with Crippen LogP contribution in [0.15, 0.2) is 120 Å². The van der Waals surface area contributed by atoms with Crippen LogP contribution in [0.3, 0.4) is 0 Å². The summed E-state index contributed by atoms with van der Waals surface area (Å²) in [6.07, 6.45) is 3.91. The summed E-state index contributed by atoms with van der Waals surface area (Å²) in [6.45, 7) is 2.04. The molecule has 0 bridgehead atoms. The van der Waals surface area contributed by atoms with Crippen LogP contribution in [0.25, 0.3) is 5.69 Å². The number of nitrogens with one attached hydrogen (secondary N) is 1. The minimum Gasteiger partial charge on any atom is -0.457 e. The lowest BCUT2D eigenvalue weighted by Crippen LogP contribution is -2.30. The Hall–Kier alpha value is -3.94. The Labute approximate surface area is 235 Å². The number of thiocarbonyl (C=S) groups is 1. The molecule has 1 aliphatic heterocycles. The second-order valence-electron chi connectivity index (χ2n) is 9.14. The third-order valence-corrected chi connectivity index (χ3v) is 7.51. The number of ether oxygens (including phenoxy) is 1. The van der Waals surface area contributed by atoms with Crippen molar-refractivity contribution < 1.29 is 4.74 Å². The zero-order chi connectivity index (χ0) is 26.1. The average Bonchev–Trinajstić information content (AvgIpc) is 3.55. The first-order chi connectivity index (χ1) is 18.6. The number of aryl methyl sites for hydroxylation is 1. The van der Waals surface area contributed by atoms with Crippen LogP contribution in [0.1, 0.15) is 29.0 Å². The van der Waals surface area contributed by atoms with Crippen LogP contribution in [0.5, 0.6) is 11.5 Å². The minimum atomic E-state index is -0.132. The third-order valence-electron chi connectivity index (χ3n) is 6.70. The van der Waals surface area contributed by atoms with Gasteiger partial charge in [-0.25, -0.2) is 0 Å². The summed E-state index contributed by atoms with van der Waals surface area (Å²) in [4.78, 5) is 6.86. The van der Waals surface area contributed by atoms with Crippen LogP contribution < -0.4 is 15.0 Å². The number of halogens is 1. The van der Waals surface area contributed by atoms with Crippen molar-refractivity contribution in [2.24, 2.45) is 0 Å². The molecule has 5 nitrogen and oxygen atoms in total. The number of hydrogen-bond acceptors (Lipinski definition) is 3. The van der Waals surface area contributed by atoms with Crippen molar-refractivity contribution in [1.29, 1.82) is 0 Å². The number of hydrogen-bond donors (Lipinski definition) is 1. The standard InChI is InChI=1S/C31H25BrN4OS/c1-21-8-2-3-13-28(21)37-25-16-14-23(15-17-25)36-30(29(34-31(36)38)26-11-4-5-18-33-26)27-12-7-19-35(27)24-10-6-9-22(32)20-24/h2-20,29-30H,1H3,(H,34,38)/t29-,30-/m1/s1. The van der Waals surface area contributed by atoms with Crippen LogP contribution in [-0.2, 0) is 0 Å². The van der Waals surface area contributed by atoms with Crippen molar-refractivity contribution in [3.8, 4) is 17.2 Å². The number of benzene rings is 3. The van der Waals surface area contributed by atoms with Gasteiger partial charge in [0.2, 0.25) is 0 Å². The smallest absolute Gasteiger partial charge is 0.174 e. The van der Waals surface area contributed by atoms with E-state index in [0.29, 0.717) is 5.11 Å². The van der Waals surface area contributed by atoms with Crippen LogP contribution in [-0.4, -0.2) is 14.7 Å². The summed E-state index contributed by atoms with van der Waals surface area (Å²) < 4.78 is 9.38. The van der Waals surface area contributed by atoms with E-state index in [-0.39, 0.29) is 12.1 Å². The van der Waals surface area contributed by atoms with Crippen LogP contribution in [0.2, 0.25) is 0 Å². The van der Waals surface area contributed by atoms with Crippen molar-refractivity contribution >= 4 is 38.9 Å². The summed E-state index contributed by atoms with van der Waals surface area (Å²) in [7, 11) is 0. The lowest BCUT2D eigenvalue weighted by atomic mass is 10.0. The molecule has 188 valence electrons. The summed E-state index contributed by atoms with van der Waals surface area (Å²) in [5, 5.41) is 4.20. The molecule has 2 aromatic heterocycles. The Morgan fingerprint density at radius 3 is 2.45 bits per heavy atom. The molecule has 1 aliphatic rings. The molecule has 0 amide bonds. The predicted octanol–water partition coefficient (Wildman–Crippen LogP) is 7.91. The van der Waals surface area contributed by atoms with Crippen LogP contribution in [0, 0.1) is 6.92 Å². The van der Waals surface area contributed by atoms with Gasteiger partial charge >= 0.3 is 0 Å². The molecule has 3 heterocycles. The molecular weight excluding hydrogens is 556 g/mol. The van der Waals surface area contributed by atoms with Crippen LogP contribution >= 0.6 is 28.1 Å². The van der Waals surface area contributed by atoms with E-state index in [9.17, 15) is 0 Å². The maximum absolute atomic E-state index is 6.15. The number of para-hydroxylation sites is 1. The van der Waals surface area contributed by atoms with E-state index in [4.69, 9.17) is 17.0 Å². The second-order valence-corrected chi connectivity index (χ2v) is 10.4. The number of pyridine rings is 1. The van der Waals surface area contributed by atoms with Gasteiger partial charge in [-0.05, 0) is 97.5 Å². The van der Waals surface area contributed by atoms with E-state index in [1.54, 1.807) is 0 Å². The van der Waals surface area contributed by atoms with Crippen molar-refractivity contribution in [1.82, 2.24) is 14.9 Å². The van der Waals surface area contributed by atoms with Gasteiger partial charge in [-0.15, -0.1) is 0 Å². The number of rotatable bonds is 6. The Morgan fingerprint density at radius 1 is 0.868 bits per heavy atom. The number of aromatic nitrogens is 2. The first-order valence-electron chi connectivity index (χ1n) is 12.4. The Balaban J connectivity index is 1.40. The van der Waals surface area contributed by atoms with Gasteiger partial charge in [-0.1, -0.05) is 46.3 Å². The molecule has 0 spiro atoms. The fourth-order valence-corrected chi connectivity index (χ4v) is 5.64. The Bertz CT molecular complexity index is 1590. The molecule has 5 aromatic rings. The zero-order valence-electron chi connectivity index (χ0n) is 20.7. The van der Waals surface area contributed by atoms with E-state index in [2.05, 4.69) is 78.3 Å². The third kappa shape index (κ3) is 4.71. The van der Waals surface area contributed by atoms with Crippen molar-refractivity contribution in [3.63, 3.8) is 0 Å². The van der Waals surface area contributed by atoms with Crippen molar-refractivity contribution in [2.75, 3.05) is 4.90 Å². The molecule has 1 N–H and O–H groups in total. The first kappa shape index (κ1) is 24.4. The lowest BCUT2D eigenvalue weighted by molar-refractivity contribution is 0.479. The quantitative estimate of drug-likeness (QED) is 0.207. The fraction of sp³-hybridized carbons (Fsp3) is 0.0968. The van der Waals surface area contributed by atoms with Gasteiger partial charge in [0.25, 0.3) is 0 Å². The van der Waals surface area contributed by atoms with Gasteiger partial charge in [0, 0.05) is 33.9 Å². The fourth-order valence-electron chi connectivity index (χ4n) is 4.90. The highest BCUT2D eigenvalue weighted by Crippen LogP contribution is 2.42. The maximum atomic E-state index is 6.15. The molecule has 38 heavy (non-hydrogen) atoms. The highest BCUT2D eigenvalue weighted by Gasteiger charge is 2.42. The highest BCUT2D eigenvalue weighted by molar-refractivity contribution is 9.10. The molecule has 6 rings (SSSR count). The molecule has 0 aliphatic carbocycles. The van der Waals surface area contributed by atoms with Gasteiger partial charge in [0.1, 0.15) is 17.5 Å². The molecule has 7 heteroatoms. The van der Waals surface area contributed by atoms with E-state index < -0.39 is 0 Å². The molecule has 1 fully saturated rings. The van der Waals surface area contributed by atoms with Gasteiger partial charge in [-0.3, -0.25) is 4.98 Å².